The third kappa shape index (κ3) is 5.60. The van der Waals surface area contributed by atoms with Crippen molar-refractivity contribution in [2.75, 3.05) is 10.7 Å². The van der Waals surface area contributed by atoms with Crippen LogP contribution >= 0.6 is 58.0 Å². The zero-order valence-electron chi connectivity index (χ0n) is 17.3. The van der Waals surface area contributed by atoms with E-state index in [1.807, 2.05) is 0 Å². The molecule has 12 heteroatoms. The molecule has 35 heavy (non-hydrogen) atoms. The van der Waals surface area contributed by atoms with Crippen LogP contribution < -0.4 is 16.2 Å². The highest BCUT2D eigenvalue weighted by molar-refractivity contribution is 6.53. The highest BCUT2D eigenvalue weighted by Crippen LogP contribution is 2.65. The minimum atomic E-state index is -1.39. The molecule has 1 fully saturated rings. The van der Waals surface area contributed by atoms with E-state index in [2.05, 4.69) is 16.2 Å². The normalized spacial score (nSPS) is 18.0. The van der Waals surface area contributed by atoms with Crippen LogP contribution in [-0.2, 0) is 4.79 Å². The molecular formula is C23H14Cl5F2N3O2. The summed E-state index contributed by atoms with van der Waals surface area (Å²) in [5, 5.41) is 3.47. The van der Waals surface area contributed by atoms with E-state index in [1.165, 1.54) is 18.2 Å². The Hall–Kier alpha value is -2.29. The lowest BCUT2D eigenvalue weighted by molar-refractivity contribution is -0.117. The fraction of sp³-hybridized carbons (Fsp3) is 0.130. The van der Waals surface area contributed by atoms with Gasteiger partial charge in [0.25, 0.3) is 5.91 Å². The first-order valence-corrected chi connectivity index (χ1v) is 11.8. The van der Waals surface area contributed by atoms with Gasteiger partial charge in [0, 0.05) is 27.7 Å². The average molecular weight is 580 g/mol. The van der Waals surface area contributed by atoms with E-state index in [-0.39, 0.29) is 22.0 Å². The molecule has 1 saturated carbocycles. The molecule has 0 aliphatic heterocycles. The van der Waals surface area contributed by atoms with Crippen LogP contribution in [0.1, 0.15) is 21.8 Å². The Balaban J connectivity index is 1.47. The van der Waals surface area contributed by atoms with Crippen molar-refractivity contribution in [3.63, 3.8) is 0 Å². The maximum absolute atomic E-state index is 13.8. The third-order valence-electron chi connectivity index (χ3n) is 5.30. The number of alkyl halides is 2. The van der Waals surface area contributed by atoms with Gasteiger partial charge in [-0.15, -0.1) is 23.2 Å². The second kappa shape index (κ2) is 9.99. The quantitative estimate of drug-likeness (QED) is 0.214. The Morgan fingerprint density at radius 2 is 1.57 bits per heavy atom. The molecule has 0 heterocycles. The first kappa shape index (κ1) is 25.8. The molecule has 0 spiro atoms. The van der Waals surface area contributed by atoms with Gasteiger partial charge in [0.05, 0.1) is 22.2 Å². The summed E-state index contributed by atoms with van der Waals surface area (Å²) in [5.74, 6) is -4.08. The van der Waals surface area contributed by atoms with Gasteiger partial charge in [0.1, 0.15) is 16.0 Å². The summed E-state index contributed by atoms with van der Waals surface area (Å²) in [4.78, 5) is 25.5. The van der Waals surface area contributed by atoms with Gasteiger partial charge < -0.3 is 5.32 Å². The smallest absolute Gasteiger partial charge is 0.271 e. The number of hydrogen-bond donors (Lipinski definition) is 3. The molecule has 3 aromatic carbocycles. The third-order valence-corrected chi connectivity index (χ3v) is 7.00. The van der Waals surface area contributed by atoms with E-state index < -0.39 is 39.6 Å². The van der Waals surface area contributed by atoms with Gasteiger partial charge in [-0.2, -0.15) is 0 Å². The van der Waals surface area contributed by atoms with Crippen LogP contribution in [0.4, 0.5) is 20.2 Å². The van der Waals surface area contributed by atoms with Gasteiger partial charge in [-0.3, -0.25) is 20.4 Å². The molecule has 5 nitrogen and oxygen atoms in total. The standard InChI is InChI=1S/C23H14Cl5F2N3O2/c24-11-5-10(6-12(25)7-11)19-20(23(19,27)28)22(35)31-14-2-3-16(26)15(9-14)21(34)33-32-18-8-13(29)1-4-17(18)30/h1-9,19-20,32H,(H,31,35)(H,33,34)/t19-,20+/m0/s1. The Bertz CT molecular complexity index is 1320. The summed E-state index contributed by atoms with van der Waals surface area (Å²) in [6, 6.07) is 11.7. The predicted octanol–water partition coefficient (Wildman–Crippen LogP) is 7.21. The molecule has 1 aliphatic carbocycles. The molecule has 0 aromatic heterocycles. The van der Waals surface area contributed by atoms with E-state index in [0.717, 1.165) is 18.2 Å². The van der Waals surface area contributed by atoms with E-state index in [4.69, 9.17) is 58.0 Å². The number of amides is 2. The first-order chi connectivity index (χ1) is 16.5. The zero-order chi connectivity index (χ0) is 25.5. The Labute approximate surface area is 223 Å². The van der Waals surface area contributed by atoms with Crippen molar-refractivity contribution in [1.82, 2.24) is 5.43 Å². The Morgan fingerprint density at radius 3 is 2.26 bits per heavy atom. The van der Waals surface area contributed by atoms with E-state index >= 15 is 0 Å². The first-order valence-electron chi connectivity index (χ1n) is 9.93. The van der Waals surface area contributed by atoms with Crippen LogP contribution in [0.5, 0.6) is 0 Å². The monoisotopic (exact) mass is 577 g/mol. The van der Waals surface area contributed by atoms with Gasteiger partial charge in [0.15, 0.2) is 0 Å². The molecule has 0 unspecified atom stereocenters. The number of nitrogens with one attached hydrogen (secondary N) is 3. The van der Waals surface area contributed by atoms with Crippen LogP contribution in [0.15, 0.2) is 54.6 Å². The summed E-state index contributed by atoms with van der Waals surface area (Å²) in [6.45, 7) is 0. The van der Waals surface area contributed by atoms with Crippen LogP contribution in [0.2, 0.25) is 15.1 Å². The van der Waals surface area contributed by atoms with E-state index in [9.17, 15) is 18.4 Å². The lowest BCUT2D eigenvalue weighted by Crippen LogP contribution is -2.30. The fourth-order valence-electron chi connectivity index (χ4n) is 3.60. The molecule has 0 bridgehead atoms. The van der Waals surface area contributed by atoms with Gasteiger partial charge >= 0.3 is 0 Å². The number of carbonyl (C=O) groups is 2. The molecule has 3 aromatic rings. The largest absolute Gasteiger partial charge is 0.326 e. The number of anilines is 2. The summed E-state index contributed by atoms with van der Waals surface area (Å²) in [6.07, 6.45) is 0. The van der Waals surface area contributed by atoms with Crippen LogP contribution in [0.25, 0.3) is 0 Å². The summed E-state index contributed by atoms with van der Waals surface area (Å²) < 4.78 is 25.7. The molecule has 182 valence electrons. The molecule has 3 N–H and O–H groups in total. The summed E-state index contributed by atoms with van der Waals surface area (Å²) in [7, 11) is 0. The second-order valence-electron chi connectivity index (χ2n) is 7.72. The second-order valence-corrected chi connectivity index (χ2v) is 10.4. The lowest BCUT2D eigenvalue weighted by atomic mass is 10.1. The number of carbonyl (C=O) groups excluding carboxylic acids is 2. The van der Waals surface area contributed by atoms with Crippen molar-refractivity contribution in [2.45, 2.75) is 10.3 Å². The van der Waals surface area contributed by atoms with Crippen molar-refractivity contribution < 1.29 is 18.4 Å². The molecule has 0 saturated heterocycles. The highest BCUT2D eigenvalue weighted by atomic mass is 35.5. The van der Waals surface area contributed by atoms with Crippen LogP contribution in [-0.4, -0.2) is 16.1 Å². The number of halogens is 7. The van der Waals surface area contributed by atoms with Crippen molar-refractivity contribution >= 4 is 81.2 Å². The van der Waals surface area contributed by atoms with Gasteiger partial charge in [-0.25, -0.2) is 8.78 Å². The predicted molar refractivity (Wildman–Crippen MR) is 135 cm³/mol. The van der Waals surface area contributed by atoms with Crippen molar-refractivity contribution in [3.8, 4) is 0 Å². The number of hydrogen-bond acceptors (Lipinski definition) is 3. The lowest BCUT2D eigenvalue weighted by Gasteiger charge is -2.12. The Kier molecular flexibility index (Phi) is 7.36. The molecule has 2 atom stereocenters. The van der Waals surface area contributed by atoms with Crippen molar-refractivity contribution in [2.24, 2.45) is 5.92 Å². The molecular weight excluding hydrogens is 566 g/mol. The van der Waals surface area contributed by atoms with E-state index in [1.54, 1.807) is 18.2 Å². The summed E-state index contributed by atoms with van der Waals surface area (Å²) in [5.41, 5.74) is 5.06. The maximum Gasteiger partial charge on any atom is 0.271 e. The van der Waals surface area contributed by atoms with Crippen LogP contribution in [0, 0.1) is 17.6 Å². The fourth-order valence-corrected chi connectivity index (χ4v) is 5.18. The topological polar surface area (TPSA) is 70.2 Å². The maximum atomic E-state index is 13.8. The van der Waals surface area contributed by atoms with Crippen molar-refractivity contribution in [3.05, 3.63) is 92.4 Å². The molecule has 2 amide bonds. The Morgan fingerprint density at radius 1 is 0.886 bits per heavy atom. The zero-order valence-corrected chi connectivity index (χ0v) is 21.1. The number of benzene rings is 3. The van der Waals surface area contributed by atoms with Gasteiger partial charge in [0.2, 0.25) is 5.91 Å². The number of hydrazine groups is 1. The molecule has 0 radical (unpaired) electrons. The van der Waals surface area contributed by atoms with Gasteiger partial charge in [-0.1, -0.05) is 34.8 Å². The minimum absolute atomic E-state index is 0.0363. The van der Waals surface area contributed by atoms with E-state index in [0.29, 0.717) is 15.6 Å². The molecule has 4 rings (SSSR count). The van der Waals surface area contributed by atoms with Crippen LogP contribution in [0.3, 0.4) is 0 Å². The van der Waals surface area contributed by atoms with Crippen molar-refractivity contribution in [1.29, 1.82) is 0 Å². The highest BCUT2D eigenvalue weighted by Gasteiger charge is 2.67. The molecule has 1 aliphatic rings. The SMILES string of the molecule is O=C(NNc1cc(F)ccc1F)c1cc(NC(=O)[C@H]2[C@H](c3cc(Cl)cc(Cl)c3)C2(Cl)Cl)ccc1Cl. The average Bonchev–Trinajstić information content (AvgIpc) is 3.37. The van der Waals surface area contributed by atoms with Gasteiger partial charge in [-0.05, 0) is 54.1 Å². The minimum Gasteiger partial charge on any atom is -0.326 e. The summed E-state index contributed by atoms with van der Waals surface area (Å²) >= 11 is 31.0. The number of rotatable bonds is 6.